The average molecular weight is 287 g/mol. The molecule has 0 aliphatic heterocycles. The number of halogens is 1. The maximum atomic E-state index is 13.1. The van der Waals surface area contributed by atoms with E-state index in [0.29, 0.717) is 0 Å². The summed E-state index contributed by atoms with van der Waals surface area (Å²) in [6.07, 6.45) is 6.42. The van der Waals surface area contributed by atoms with Crippen LogP contribution in [0.3, 0.4) is 0 Å². The van der Waals surface area contributed by atoms with Gasteiger partial charge in [-0.1, -0.05) is 12.1 Å². The fraction of sp³-hybridized carbons (Fsp3) is 0.294. The van der Waals surface area contributed by atoms with Crippen molar-refractivity contribution in [2.24, 2.45) is 0 Å². The first kappa shape index (κ1) is 15.6. The molecule has 0 spiro atoms. The third-order valence-corrected chi connectivity index (χ3v) is 3.30. The molecule has 0 bridgehead atoms. The highest BCUT2D eigenvalue weighted by molar-refractivity contribution is 5.34. The summed E-state index contributed by atoms with van der Waals surface area (Å²) in [6.45, 7) is 1.70. The maximum Gasteiger partial charge on any atom is 0.123 e. The zero-order valence-electron chi connectivity index (χ0n) is 11.9. The monoisotopic (exact) mass is 287 g/mol. The van der Waals surface area contributed by atoms with Crippen molar-refractivity contribution < 1.29 is 9.50 Å². The molecule has 1 aromatic heterocycles. The second-order valence-electron chi connectivity index (χ2n) is 4.83. The van der Waals surface area contributed by atoms with Crippen LogP contribution in [-0.2, 0) is 0 Å². The molecule has 21 heavy (non-hydrogen) atoms. The molecule has 2 rings (SSSR count). The molecule has 2 N–H and O–H groups in total. The number of hydrogen-bond acceptors (Lipinski definition) is 3. The Balaban J connectivity index is 2.06. The van der Waals surface area contributed by atoms with Gasteiger partial charge in [-0.3, -0.25) is 4.98 Å². The second kappa shape index (κ2) is 8.49. The van der Waals surface area contributed by atoms with E-state index in [9.17, 15) is 4.39 Å². The number of aliphatic hydroxyl groups is 1. The van der Waals surface area contributed by atoms with Crippen molar-refractivity contribution in [1.29, 1.82) is 0 Å². The first-order chi connectivity index (χ1) is 10.3. The molecule has 1 unspecified atom stereocenters. The van der Waals surface area contributed by atoms with Gasteiger partial charge in [0.25, 0.3) is 0 Å². The predicted octanol–water partition coefficient (Wildman–Crippen LogP) is 2.53. The fourth-order valence-electron chi connectivity index (χ4n) is 2.21. The highest BCUT2D eigenvalue weighted by Gasteiger charge is 2.14. The Bertz CT molecular complexity index is 516. The first-order valence-corrected chi connectivity index (χ1v) is 7.11. The molecule has 0 fully saturated rings. The Morgan fingerprint density at radius 1 is 1.10 bits per heavy atom. The van der Waals surface area contributed by atoms with Gasteiger partial charge in [0.2, 0.25) is 0 Å². The van der Waals surface area contributed by atoms with Gasteiger partial charge in [-0.05, 0) is 61.3 Å². The van der Waals surface area contributed by atoms with Gasteiger partial charge in [-0.25, -0.2) is 4.39 Å². The normalized spacial score (nSPS) is 12.3. The number of aromatic nitrogens is 1. The number of nitrogens with zero attached hydrogens (tertiary/aromatic N) is 1. The highest BCUT2D eigenvalue weighted by Crippen LogP contribution is 2.26. The largest absolute Gasteiger partial charge is 0.396 e. The third kappa shape index (κ3) is 4.92. The number of aliphatic hydroxyl groups excluding tert-OH is 1. The van der Waals surface area contributed by atoms with Gasteiger partial charge in [-0.2, -0.15) is 0 Å². The van der Waals surface area contributed by atoms with Crippen molar-refractivity contribution in [2.45, 2.75) is 12.3 Å². The summed E-state index contributed by atoms with van der Waals surface area (Å²) in [5, 5.41) is 12.0. The van der Waals surface area contributed by atoms with Crippen LogP contribution in [0.1, 0.15) is 23.5 Å². The zero-order chi connectivity index (χ0) is 14.9. The average Bonchev–Trinajstić information content (AvgIpc) is 2.53. The number of nitrogens with one attached hydrogen (secondary N) is 1. The standard InChI is InChI=1S/C17H20FN2O/c18-16-4-2-14(3-5-16)17(8-12-19-9-1-13-21)15-6-10-20-11-7-15/h2-8,10-11,17,19,21H,1,9,12-13H2. The topological polar surface area (TPSA) is 45.1 Å². The zero-order valence-corrected chi connectivity index (χ0v) is 11.9. The number of hydrogen-bond donors (Lipinski definition) is 2. The molecule has 1 radical (unpaired) electrons. The summed E-state index contributed by atoms with van der Waals surface area (Å²) >= 11 is 0. The first-order valence-electron chi connectivity index (χ1n) is 7.11. The molecule has 1 atom stereocenters. The van der Waals surface area contributed by atoms with Crippen LogP contribution in [0.2, 0.25) is 0 Å². The Morgan fingerprint density at radius 2 is 1.76 bits per heavy atom. The van der Waals surface area contributed by atoms with E-state index in [1.54, 1.807) is 12.4 Å². The summed E-state index contributed by atoms with van der Waals surface area (Å²) < 4.78 is 13.1. The Morgan fingerprint density at radius 3 is 2.43 bits per heavy atom. The molecule has 0 saturated carbocycles. The minimum absolute atomic E-state index is 0.0928. The molecular formula is C17H20FN2O. The van der Waals surface area contributed by atoms with Gasteiger partial charge in [0.1, 0.15) is 5.82 Å². The van der Waals surface area contributed by atoms with E-state index in [1.807, 2.05) is 24.3 Å². The third-order valence-electron chi connectivity index (χ3n) is 3.30. The van der Waals surface area contributed by atoms with E-state index in [0.717, 1.165) is 30.6 Å². The second-order valence-corrected chi connectivity index (χ2v) is 4.83. The molecule has 3 nitrogen and oxygen atoms in total. The van der Waals surface area contributed by atoms with Crippen LogP contribution in [0, 0.1) is 12.2 Å². The fourth-order valence-corrected chi connectivity index (χ4v) is 2.21. The van der Waals surface area contributed by atoms with Crippen molar-refractivity contribution in [1.82, 2.24) is 10.3 Å². The maximum absolute atomic E-state index is 13.1. The van der Waals surface area contributed by atoms with Crippen molar-refractivity contribution in [3.05, 3.63) is 72.2 Å². The number of benzene rings is 1. The van der Waals surface area contributed by atoms with Gasteiger partial charge >= 0.3 is 0 Å². The van der Waals surface area contributed by atoms with E-state index < -0.39 is 0 Å². The predicted molar refractivity (Wildman–Crippen MR) is 81.4 cm³/mol. The van der Waals surface area contributed by atoms with E-state index in [-0.39, 0.29) is 18.3 Å². The molecular weight excluding hydrogens is 267 g/mol. The summed E-state index contributed by atoms with van der Waals surface area (Å²) in [5.74, 6) is -0.136. The summed E-state index contributed by atoms with van der Waals surface area (Å²) in [7, 11) is 0. The van der Waals surface area contributed by atoms with Gasteiger partial charge in [-0.15, -0.1) is 0 Å². The van der Waals surface area contributed by atoms with Crippen LogP contribution in [-0.4, -0.2) is 29.8 Å². The molecule has 4 heteroatoms. The number of pyridine rings is 1. The van der Waals surface area contributed by atoms with E-state index in [1.165, 1.54) is 12.1 Å². The van der Waals surface area contributed by atoms with Crippen LogP contribution in [0.4, 0.5) is 4.39 Å². The number of rotatable bonds is 8. The van der Waals surface area contributed by atoms with Crippen LogP contribution in [0.5, 0.6) is 0 Å². The van der Waals surface area contributed by atoms with Gasteiger partial charge in [0, 0.05) is 24.9 Å². The van der Waals surface area contributed by atoms with Crippen LogP contribution in [0.15, 0.2) is 48.8 Å². The Labute approximate surface area is 124 Å². The molecule has 0 amide bonds. The quantitative estimate of drug-likeness (QED) is 0.733. The minimum Gasteiger partial charge on any atom is -0.396 e. The lowest BCUT2D eigenvalue weighted by Gasteiger charge is -2.18. The highest BCUT2D eigenvalue weighted by atomic mass is 19.1. The van der Waals surface area contributed by atoms with E-state index >= 15 is 0 Å². The molecule has 111 valence electrons. The van der Waals surface area contributed by atoms with Crippen LogP contribution < -0.4 is 5.32 Å². The summed E-state index contributed by atoms with van der Waals surface area (Å²) in [6, 6.07) is 10.5. The molecule has 0 aliphatic rings. The van der Waals surface area contributed by atoms with E-state index in [4.69, 9.17) is 5.11 Å². The summed E-state index contributed by atoms with van der Waals surface area (Å²) in [4.78, 5) is 4.04. The smallest absolute Gasteiger partial charge is 0.123 e. The van der Waals surface area contributed by atoms with Gasteiger partial charge < -0.3 is 10.4 Å². The van der Waals surface area contributed by atoms with Crippen LogP contribution >= 0.6 is 0 Å². The van der Waals surface area contributed by atoms with Crippen molar-refractivity contribution in [3.8, 4) is 0 Å². The molecule has 0 saturated heterocycles. The minimum atomic E-state index is -0.228. The lowest BCUT2D eigenvalue weighted by molar-refractivity contribution is 0.286. The lowest BCUT2D eigenvalue weighted by atomic mass is 9.89. The van der Waals surface area contributed by atoms with Gasteiger partial charge in [0.05, 0.1) is 0 Å². The van der Waals surface area contributed by atoms with Crippen molar-refractivity contribution >= 4 is 0 Å². The SMILES string of the molecule is OCCCNC[CH]C(c1ccncc1)c1ccc(F)cc1. The van der Waals surface area contributed by atoms with Gasteiger partial charge in [0.15, 0.2) is 0 Å². The van der Waals surface area contributed by atoms with Crippen molar-refractivity contribution in [2.75, 3.05) is 19.7 Å². The molecule has 1 heterocycles. The van der Waals surface area contributed by atoms with E-state index in [2.05, 4.69) is 16.7 Å². The Kier molecular flexibility index (Phi) is 6.31. The molecule has 2 aromatic rings. The summed E-state index contributed by atoms with van der Waals surface area (Å²) in [5.41, 5.74) is 2.17. The van der Waals surface area contributed by atoms with Crippen LogP contribution in [0.25, 0.3) is 0 Å². The van der Waals surface area contributed by atoms with Crippen molar-refractivity contribution in [3.63, 3.8) is 0 Å². The Hall–Kier alpha value is -1.78. The lowest BCUT2D eigenvalue weighted by Crippen LogP contribution is -2.20. The molecule has 1 aromatic carbocycles. The molecule has 0 aliphatic carbocycles.